The Morgan fingerprint density at radius 2 is 2.16 bits per heavy atom. The smallest absolute Gasteiger partial charge is 0.150 e. The second kappa shape index (κ2) is 6.89. The van der Waals surface area contributed by atoms with Gasteiger partial charge in [0.15, 0.2) is 0 Å². The van der Waals surface area contributed by atoms with Crippen LogP contribution in [0.3, 0.4) is 0 Å². The highest BCUT2D eigenvalue weighted by Gasteiger charge is 2.07. The molecule has 1 N–H and O–H groups in total. The van der Waals surface area contributed by atoms with Crippen LogP contribution in [0.4, 0.5) is 0 Å². The summed E-state index contributed by atoms with van der Waals surface area (Å²) in [5.74, 6) is 1.46. The molecule has 1 heterocycles. The van der Waals surface area contributed by atoms with Crippen LogP contribution in [-0.2, 0) is 6.54 Å². The Labute approximate surface area is 126 Å². The Hall–Kier alpha value is -1.10. The van der Waals surface area contributed by atoms with Crippen molar-refractivity contribution in [3.05, 3.63) is 51.7 Å². The first kappa shape index (κ1) is 14.3. The van der Waals surface area contributed by atoms with Crippen LogP contribution in [0.1, 0.15) is 12.5 Å². The van der Waals surface area contributed by atoms with Crippen LogP contribution in [0, 0.1) is 0 Å². The number of hydrogen-bond acceptors (Lipinski definition) is 3. The van der Waals surface area contributed by atoms with E-state index in [1.165, 1.54) is 0 Å². The number of ether oxygens (including phenoxy) is 1. The highest BCUT2D eigenvalue weighted by Crippen LogP contribution is 2.32. The molecule has 0 bridgehead atoms. The molecule has 19 heavy (non-hydrogen) atoms. The summed E-state index contributed by atoms with van der Waals surface area (Å²) >= 11 is 9.35. The number of halogens is 2. The molecule has 0 saturated carbocycles. The molecule has 5 heteroatoms. The van der Waals surface area contributed by atoms with Crippen LogP contribution in [-0.4, -0.2) is 11.5 Å². The summed E-state index contributed by atoms with van der Waals surface area (Å²) in [5.41, 5.74) is 1.07. The molecule has 0 amide bonds. The molecule has 100 valence electrons. The van der Waals surface area contributed by atoms with Crippen molar-refractivity contribution in [3.63, 3.8) is 0 Å². The van der Waals surface area contributed by atoms with E-state index in [1.54, 1.807) is 24.5 Å². The topological polar surface area (TPSA) is 34.2 Å². The zero-order chi connectivity index (χ0) is 13.7. The molecule has 0 fully saturated rings. The van der Waals surface area contributed by atoms with Crippen molar-refractivity contribution in [1.82, 2.24) is 10.3 Å². The maximum atomic E-state index is 5.91. The van der Waals surface area contributed by atoms with Crippen LogP contribution in [0.15, 0.2) is 41.1 Å². The number of nitrogens with zero attached hydrogens (tertiary/aromatic N) is 1. The van der Waals surface area contributed by atoms with E-state index in [0.717, 1.165) is 34.6 Å². The maximum absolute atomic E-state index is 5.91. The minimum Gasteiger partial charge on any atom is -0.454 e. The fourth-order valence-electron chi connectivity index (χ4n) is 1.58. The molecule has 0 unspecified atom stereocenters. The maximum Gasteiger partial charge on any atom is 0.150 e. The number of aromatic nitrogens is 1. The Kier molecular flexibility index (Phi) is 5.19. The fourth-order valence-corrected chi connectivity index (χ4v) is 2.35. The van der Waals surface area contributed by atoms with Crippen molar-refractivity contribution in [1.29, 1.82) is 0 Å². The van der Waals surface area contributed by atoms with E-state index in [1.807, 2.05) is 12.1 Å². The second-order valence-electron chi connectivity index (χ2n) is 3.94. The SMILES string of the molecule is CCNCc1ccncc1Oc1ccc(Cl)cc1Br. The van der Waals surface area contributed by atoms with E-state index in [9.17, 15) is 0 Å². The summed E-state index contributed by atoms with van der Waals surface area (Å²) in [6.07, 6.45) is 3.48. The Morgan fingerprint density at radius 3 is 2.89 bits per heavy atom. The zero-order valence-corrected chi connectivity index (χ0v) is 12.8. The van der Waals surface area contributed by atoms with E-state index in [4.69, 9.17) is 16.3 Å². The van der Waals surface area contributed by atoms with Crippen molar-refractivity contribution >= 4 is 27.5 Å². The molecule has 0 spiro atoms. The lowest BCUT2D eigenvalue weighted by Crippen LogP contribution is -2.12. The number of rotatable bonds is 5. The molecule has 0 saturated heterocycles. The van der Waals surface area contributed by atoms with Gasteiger partial charge in [0.25, 0.3) is 0 Å². The summed E-state index contributed by atoms with van der Waals surface area (Å²) in [4.78, 5) is 4.10. The van der Waals surface area contributed by atoms with Gasteiger partial charge >= 0.3 is 0 Å². The van der Waals surface area contributed by atoms with E-state index in [0.29, 0.717) is 5.02 Å². The third kappa shape index (κ3) is 3.93. The predicted molar refractivity (Wildman–Crippen MR) is 80.8 cm³/mol. The van der Waals surface area contributed by atoms with Gasteiger partial charge in [0, 0.05) is 23.3 Å². The number of pyridine rings is 1. The molecular weight excluding hydrogens is 328 g/mol. The summed E-state index contributed by atoms with van der Waals surface area (Å²) in [5, 5.41) is 3.94. The van der Waals surface area contributed by atoms with Gasteiger partial charge in [-0.05, 0) is 46.7 Å². The van der Waals surface area contributed by atoms with E-state index < -0.39 is 0 Å². The average molecular weight is 342 g/mol. The number of nitrogens with one attached hydrogen (secondary N) is 1. The molecule has 0 radical (unpaired) electrons. The summed E-state index contributed by atoms with van der Waals surface area (Å²) in [6, 6.07) is 7.37. The third-order valence-electron chi connectivity index (χ3n) is 2.55. The molecule has 1 aromatic heterocycles. The third-order valence-corrected chi connectivity index (χ3v) is 3.40. The molecule has 0 aliphatic heterocycles. The minimum atomic E-state index is 0.665. The van der Waals surface area contributed by atoms with Crippen molar-refractivity contribution in [3.8, 4) is 11.5 Å². The van der Waals surface area contributed by atoms with Gasteiger partial charge in [0.2, 0.25) is 0 Å². The van der Waals surface area contributed by atoms with E-state index in [-0.39, 0.29) is 0 Å². The van der Waals surface area contributed by atoms with Crippen LogP contribution in [0.2, 0.25) is 5.02 Å². The van der Waals surface area contributed by atoms with Gasteiger partial charge < -0.3 is 10.1 Å². The minimum absolute atomic E-state index is 0.665. The van der Waals surface area contributed by atoms with Crippen LogP contribution in [0.25, 0.3) is 0 Å². The molecule has 0 aliphatic rings. The highest BCUT2D eigenvalue weighted by atomic mass is 79.9. The van der Waals surface area contributed by atoms with Gasteiger partial charge in [-0.1, -0.05) is 18.5 Å². The molecule has 0 aliphatic carbocycles. The Morgan fingerprint density at radius 1 is 1.32 bits per heavy atom. The molecule has 0 atom stereocenters. The zero-order valence-electron chi connectivity index (χ0n) is 10.5. The Balaban J connectivity index is 2.22. The van der Waals surface area contributed by atoms with Gasteiger partial charge in [0.1, 0.15) is 11.5 Å². The van der Waals surface area contributed by atoms with Crippen molar-refractivity contribution < 1.29 is 4.74 Å². The number of hydrogen-bond donors (Lipinski definition) is 1. The first-order valence-electron chi connectivity index (χ1n) is 5.97. The second-order valence-corrected chi connectivity index (χ2v) is 5.23. The lowest BCUT2D eigenvalue weighted by atomic mass is 10.2. The largest absolute Gasteiger partial charge is 0.454 e. The molecule has 1 aromatic carbocycles. The van der Waals surface area contributed by atoms with Gasteiger partial charge in [-0.3, -0.25) is 4.98 Å². The monoisotopic (exact) mass is 340 g/mol. The van der Waals surface area contributed by atoms with Crippen molar-refractivity contribution in [2.24, 2.45) is 0 Å². The highest BCUT2D eigenvalue weighted by molar-refractivity contribution is 9.10. The van der Waals surface area contributed by atoms with Gasteiger partial charge in [-0.15, -0.1) is 0 Å². The van der Waals surface area contributed by atoms with Crippen molar-refractivity contribution in [2.75, 3.05) is 6.54 Å². The van der Waals surface area contributed by atoms with E-state index in [2.05, 4.69) is 33.2 Å². The molecular formula is C14H14BrClN2O. The van der Waals surface area contributed by atoms with Gasteiger partial charge in [-0.2, -0.15) is 0 Å². The first-order chi connectivity index (χ1) is 9.20. The molecule has 2 rings (SSSR count). The lowest BCUT2D eigenvalue weighted by Gasteiger charge is -2.12. The standard InChI is InChI=1S/C14H14BrClN2O/c1-2-17-8-10-5-6-18-9-14(10)19-13-4-3-11(16)7-12(13)15/h3-7,9,17H,2,8H2,1H3. The first-order valence-corrected chi connectivity index (χ1v) is 7.14. The fraction of sp³-hybridized carbons (Fsp3) is 0.214. The summed E-state index contributed by atoms with van der Waals surface area (Å²) in [6.45, 7) is 3.73. The number of benzene rings is 1. The average Bonchev–Trinajstić information content (AvgIpc) is 2.41. The van der Waals surface area contributed by atoms with Crippen molar-refractivity contribution in [2.45, 2.75) is 13.5 Å². The normalized spacial score (nSPS) is 10.5. The summed E-state index contributed by atoms with van der Waals surface area (Å²) < 4.78 is 6.70. The lowest BCUT2D eigenvalue weighted by molar-refractivity contribution is 0.468. The molecule has 2 aromatic rings. The molecule has 3 nitrogen and oxygen atoms in total. The van der Waals surface area contributed by atoms with E-state index >= 15 is 0 Å². The van der Waals surface area contributed by atoms with Gasteiger partial charge in [0.05, 0.1) is 10.7 Å². The van der Waals surface area contributed by atoms with Crippen LogP contribution < -0.4 is 10.1 Å². The predicted octanol–water partition coefficient (Wildman–Crippen LogP) is 4.40. The summed E-state index contributed by atoms with van der Waals surface area (Å²) in [7, 11) is 0. The quantitative estimate of drug-likeness (QED) is 0.875. The Bertz CT molecular complexity index is 563. The van der Waals surface area contributed by atoms with Gasteiger partial charge in [-0.25, -0.2) is 0 Å². The van der Waals surface area contributed by atoms with Crippen LogP contribution >= 0.6 is 27.5 Å². The van der Waals surface area contributed by atoms with Crippen LogP contribution in [0.5, 0.6) is 11.5 Å².